The molecule has 1 aliphatic rings. The van der Waals surface area contributed by atoms with Crippen LogP contribution in [-0.2, 0) is 4.74 Å². The van der Waals surface area contributed by atoms with Crippen molar-refractivity contribution in [3.05, 3.63) is 0 Å². The quantitative estimate of drug-likeness (QED) is 0.773. The molecule has 0 aromatic carbocycles. The maximum Gasteiger partial charge on any atom is 0.413 e. The first-order chi connectivity index (χ1) is 8.00. The molecule has 1 atom stereocenters. The number of rotatable bonds is 2. The minimum absolute atomic E-state index is 0.336. The number of nitrogens with one attached hydrogen (secondary N) is 1. The van der Waals surface area contributed by atoms with Crippen LogP contribution in [0.25, 0.3) is 0 Å². The van der Waals surface area contributed by atoms with Crippen LogP contribution in [0.2, 0.25) is 0 Å². The molecule has 0 saturated carbocycles. The largest absolute Gasteiger partial charge is 0.449 e. The lowest BCUT2D eigenvalue weighted by Crippen LogP contribution is -2.49. The summed E-state index contributed by atoms with van der Waals surface area (Å²) in [6.07, 6.45) is 3.05. The molecule has 1 aliphatic heterocycles. The van der Waals surface area contributed by atoms with Crippen molar-refractivity contribution < 1.29 is 9.53 Å². The topological polar surface area (TPSA) is 41.6 Å². The average Bonchev–Trinajstić information content (AvgIpc) is 2.26. The van der Waals surface area contributed by atoms with Crippen LogP contribution in [0.4, 0.5) is 4.79 Å². The predicted octanol–water partition coefficient (Wildman–Crippen LogP) is 2.53. The van der Waals surface area contributed by atoms with Gasteiger partial charge in [-0.3, -0.25) is 5.32 Å². The van der Waals surface area contributed by atoms with E-state index in [0.29, 0.717) is 23.7 Å². The van der Waals surface area contributed by atoms with Gasteiger partial charge in [-0.2, -0.15) is 0 Å². The van der Waals surface area contributed by atoms with Gasteiger partial charge in [-0.25, -0.2) is 4.79 Å². The summed E-state index contributed by atoms with van der Waals surface area (Å²) in [6.45, 7) is 7.47. The minimum atomic E-state index is -0.443. The maximum absolute atomic E-state index is 11.5. The molecule has 5 heteroatoms. The molecule has 0 aromatic rings. The zero-order valence-corrected chi connectivity index (χ0v) is 11.7. The number of alkyl carbamates (subject to hydrolysis) is 1. The summed E-state index contributed by atoms with van der Waals surface area (Å²) < 4.78 is 5.04. The van der Waals surface area contributed by atoms with Crippen LogP contribution in [0.15, 0.2) is 0 Å². The van der Waals surface area contributed by atoms with Gasteiger partial charge >= 0.3 is 6.09 Å². The monoisotopic (exact) mass is 258 g/mol. The van der Waals surface area contributed by atoms with Crippen molar-refractivity contribution in [2.45, 2.75) is 46.1 Å². The van der Waals surface area contributed by atoms with Gasteiger partial charge in [-0.15, -0.1) is 0 Å². The van der Waals surface area contributed by atoms with Crippen LogP contribution in [0.5, 0.6) is 0 Å². The Bertz CT molecular complexity index is 282. The molecule has 17 heavy (non-hydrogen) atoms. The number of hydrogen-bond donors (Lipinski definition) is 1. The molecule has 0 radical (unpaired) electrons. The second-order valence-electron chi connectivity index (χ2n) is 4.96. The fourth-order valence-corrected chi connectivity index (χ4v) is 2.19. The lowest BCUT2D eigenvalue weighted by molar-refractivity contribution is 0.136. The van der Waals surface area contributed by atoms with E-state index in [1.165, 1.54) is 6.42 Å². The highest BCUT2D eigenvalue weighted by molar-refractivity contribution is 7.80. The van der Waals surface area contributed by atoms with Crippen molar-refractivity contribution in [1.82, 2.24) is 10.2 Å². The van der Waals surface area contributed by atoms with Crippen LogP contribution in [0.3, 0.4) is 0 Å². The molecule has 0 spiro atoms. The summed E-state index contributed by atoms with van der Waals surface area (Å²) >= 11 is 5.22. The molecule has 1 N–H and O–H groups in total. The van der Waals surface area contributed by atoms with E-state index >= 15 is 0 Å². The first-order valence-corrected chi connectivity index (χ1v) is 6.66. The molecule has 1 saturated heterocycles. The van der Waals surface area contributed by atoms with E-state index in [1.54, 1.807) is 0 Å². The summed E-state index contributed by atoms with van der Waals surface area (Å²) in [7, 11) is 0. The van der Waals surface area contributed by atoms with Crippen molar-refractivity contribution in [2.75, 3.05) is 13.2 Å². The van der Waals surface area contributed by atoms with Gasteiger partial charge in [0.1, 0.15) is 0 Å². The van der Waals surface area contributed by atoms with E-state index in [1.807, 2.05) is 13.8 Å². The van der Waals surface area contributed by atoms with Gasteiger partial charge in [-0.1, -0.05) is 13.8 Å². The van der Waals surface area contributed by atoms with Gasteiger partial charge in [0.2, 0.25) is 0 Å². The molecular formula is C12H22N2O2S. The molecule has 1 fully saturated rings. The Balaban J connectivity index is 2.34. The van der Waals surface area contributed by atoms with Gasteiger partial charge in [-0.05, 0) is 44.3 Å². The number of piperidine rings is 1. The van der Waals surface area contributed by atoms with E-state index in [4.69, 9.17) is 17.0 Å². The fraction of sp³-hybridized carbons (Fsp3) is 0.833. The van der Waals surface area contributed by atoms with Gasteiger partial charge in [0.25, 0.3) is 0 Å². The Labute approximate surface area is 109 Å². The Morgan fingerprint density at radius 1 is 1.53 bits per heavy atom. The number of carbonyl (C=O) groups is 1. The molecule has 0 aromatic heterocycles. The third-order valence-electron chi connectivity index (χ3n) is 2.82. The van der Waals surface area contributed by atoms with Crippen LogP contribution in [0.1, 0.15) is 40.0 Å². The SMILES string of the molecule is CC(C)COC(=O)NC(=S)N1CCCCC1C. The zero-order chi connectivity index (χ0) is 12.8. The van der Waals surface area contributed by atoms with E-state index in [9.17, 15) is 4.79 Å². The standard InChI is InChI=1S/C12H22N2O2S/c1-9(2)8-16-12(15)13-11(17)14-7-5-4-6-10(14)3/h9-10H,4-8H2,1-3H3,(H,13,15,17). The summed E-state index contributed by atoms with van der Waals surface area (Å²) in [4.78, 5) is 13.5. The van der Waals surface area contributed by atoms with Gasteiger partial charge in [0.15, 0.2) is 5.11 Å². The van der Waals surface area contributed by atoms with E-state index in [-0.39, 0.29) is 0 Å². The van der Waals surface area contributed by atoms with Crippen LogP contribution in [0, 0.1) is 5.92 Å². The van der Waals surface area contributed by atoms with Crippen molar-refractivity contribution in [1.29, 1.82) is 0 Å². The number of hydrogen-bond acceptors (Lipinski definition) is 3. The summed E-state index contributed by atoms with van der Waals surface area (Å²) in [5.74, 6) is 0.336. The summed E-state index contributed by atoms with van der Waals surface area (Å²) in [5, 5.41) is 3.12. The summed E-state index contributed by atoms with van der Waals surface area (Å²) in [6, 6.07) is 0.404. The van der Waals surface area contributed by atoms with E-state index < -0.39 is 6.09 Å². The number of nitrogens with zero attached hydrogens (tertiary/aromatic N) is 1. The smallest absolute Gasteiger partial charge is 0.413 e. The Kier molecular flexibility index (Phi) is 5.68. The molecule has 4 nitrogen and oxygen atoms in total. The Morgan fingerprint density at radius 2 is 2.24 bits per heavy atom. The molecule has 1 rings (SSSR count). The average molecular weight is 258 g/mol. The third-order valence-corrected chi connectivity index (χ3v) is 3.16. The molecular weight excluding hydrogens is 236 g/mol. The normalized spacial score (nSPS) is 20.2. The van der Waals surface area contributed by atoms with Gasteiger partial charge in [0.05, 0.1) is 6.61 Å². The first-order valence-electron chi connectivity index (χ1n) is 6.25. The van der Waals surface area contributed by atoms with E-state index in [0.717, 1.165) is 19.4 Å². The molecule has 1 unspecified atom stereocenters. The Hall–Kier alpha value is -0.840. The second kappa shape index (κ2) is 6.79. The number of thiocarbonyl (C=S) groups is 1. The van der Waals surface area contributed by atoms with Crippen molar-refractivity contribution in [2.24, 2.45) is 5.92 Å². The zero-order valence-electron chi connectivity index (χ0n) is 10.9. The highest BCUT2D eigenvalue weighted by Crippen LogP contribution is 2.16. The number of amides is 1. The summed E-state index contributed by atoms with van der Waals surface area (Å²) in [5.41, 5.74) is 0. The third kappa shape index (κ3) is 4.89. The molecule has 98 valence electrons. The Morgan fingerprint density at radius 3 is 2.82 bits per heavy atom. The van der Waals surface area contributed by atoms with Crippen LogP contribution < -0.4 is 5.32 Å². The highest BCUT2D eigenvalue weighted by Gasteiger charge is 2.21. The number of carbonyl (C=O) groups excluding carboxylic acids is 1. The van der Waals surface area contributed by atoms with Gasteiger partial charge in [0, 0.05) is 12.6 Å². The first kappa shape index (κ1) is 14.2. The minimum Gasteiger partial charge on any atom is -0.449 e. The molecule has 1 heterocycles. The fourth-order valence-electron chi connectivity index (χ4n) is 1.84. The van der Waals surface area contributed by atoms with Crippen LogP contribution >= 0.6 is 12.2 Å². The second-order valence-corrected chi connectivity index (χ2v) is 5.35. The molecule has 0 bridgehead atoms. The number of ether oxygens (including phenoxy) is 1. The molecule has 1 amide bonds. The van der Waals surface area contributed by atoms with Crippen molar-refractivity contribution in [3.8, 4) is 0 Å². The highest BCUT2D eigenvalue weighted by atomic mass is 32.1. The maximum atomic E-state index is 11.5. The van der Waals surface area contributed by atoms with Crippen LogP contribution in [-0.4, -0.2) is 35.3 Å². The lowest BCUT2D eigenvalue weighted by atomic mass is 10.0. The van der Waals surface area contributed by atoms with Crippen molar-refractivity contribution >= 4 is 23.4 Å². The van der Waals surface area contributed by atoms with Crippen molar-refractivity contribution in [3.63, 3.8) is 0 Å². The lowest BCUT2D eigenvalue weighted by Gasteiger charge is -2.35. The van der Waals surface area contributed by atoms with Gasteiger partial charge < -0.3 is 9.64 Å². The molecule has 0 aliphatic carbocycles. The number of likely N-dealkylation sites (tertiary alicyclic amines) is 1. The van der Waals surface area contributed by atoms with E-state index in [2.05, 4.69) is 17.1 Å². The predicted molar refractivity (Wildman–Crippen MR) is 71.9 cm³/mol.